The van der Waals surface area contributed by atoms with Crippen molar-refractivity contribution in [2.45, 2.75) is 0 Å². The van der Waals surface area contributed by atoms with Gasteiger partial charge in [-0.3, -0.25) is 10.1 Å². The van der Waals surface area contributed by atoms with E-state index in [9.17, 15) is 19.3 Å². The first-order chi connectivity index (χ1) is 9.88. The third kappa shape index (κ3) is 3.34. The number of carboxylic acid groups (broad SMARTS) is 1. The number of hydrogen-bond acceptors (Lipinski definition) is 4. The Bertz CT molecular complexity index is 736. The Kier molecular flexibility index (Phi) is 4.18. The Morgan fingerprint density at radius 3 is 2.62 bits per heavy atom. The third-order valence-corrected chi connectivity index (χ3v) is 3.32. The molecular weight excluding hydrogens is 347 g/mol. The highest BCUT2D eigenvalue weighted by molar-refractivity contribution is 9.10. The van der Waals surface area contributed by atoms with Crippen LogP contribution in [0.25, 0.3) is 0 Å². The highest BCUT2D eigenvalue weighted by Crippen LogP contribution is 2.30. The van der Waals surface area contributed by atoms with Crippen molar-refractivity contribution in [3.05, 3.63) is 62.4 Å². The topological polar surface area (TPSA) is 92.5 Å². The third-order valence-electron chi connectivity index (χ3n) is 2.63. The van der Waals surface area contributed by atoms with Crippen LogP contribution in [0.2, 0.25) is 0 Å². The van der Waals surface area contributed by atoms with Gasteiger partial charge < -0.3 is 10.4 Å². The normalized spacial score (nSPS) is 10.2. The molecule has 8 heteroatoms. The van der Waals surface area contributed by atoms with Gasteiger partial charge in [0, 0.05) is 10.2 Å². The summed E-state index contributed by atoms with van der Waals surface area (Å²) in [5.41, 5.74) is -0.0232. The fourth-order valence-corrected chi connectivity index (χ4v) is 2.10. The average Bonchev–Trinajstić information content (AvgIpc) is 2.42. The Morgan fingerprint density at radius 2 is 2.00 bits per heavy atom. The largest absolute Gasteiger partial charge is 0.478 e. The fraction of sp³-hybridized carbons (Fsp3) is 0. The summed E-state index contributed by atoms with van der Waals surface area (Å²) < 4.78 is 13.4. The molecule has 108 valence electrons. The maximum atomic E-state index is 13.1. The number of nitro benzene ring substituents is 1. The first kappa shape index (κ1) is 14.9. The Labute approximate surface area is 126 Å². The van der Waals surface area contributed by atoms with E-state index < -0.39 is 22.4 Å². The smallest absolute Gasteiger partial charge is 0.336 e. The molecule has 0 spiro atoms. The molecule has 0 saturated heterocycles. The molecule has 2 N–H and O–H groups in total. The minimum absolute atomic E-state index is 0.00441. The number of aromatic carboxylic acids is 1. The fourth-order valence-electron chi connectivity index (χ4n) is 1.68. The molecular formula is C13H8BrFN2O4. The summed E-state index contributed by atoms with van der Waals surface area (Å²) in [4.78, 5) is 21.2. The molecule has 0 aromatic heterocycles. The molecule has 0 radical (unpaired) electrons. The molecule has 0 fully saturated rings. The summed E-state index contributed by atoms with van der Waals surface area (Å²) in [6.07, 6.45) is 0. The monoisotopic (exact) mass is 354 g/mol. The maximum absolute atomic E-state index is 13.1. The quantitative estimate of drug-likeness (QED) is 0.640. The van der Waals surface area contributed by atoms with Crippen LogP contribution in [0.5, 0.6) is 0 Å². The number of anilines is 2. The van der Waals surface area contributed by atoms with Gasteiger partial charge in [0.15, 0.2) is 0 Å². The molecule has 0 heterocycles. The molecule has 0 aliphatic heterocycles. The molecule has 0 amide bonds. The van der Waals surface area contributed by atoms with Crippen LogP contribution in [-0.2, 0) is 0 Å². The molecule has 2 rings (SSSR count). The number of nitro groups is 1. The predicted octanol–water partition coefficient (Wildman–Crippen LogP) is 3.94. The first-order valence-electron chi connectivity index (χ1n) is 5.62. The Hall–Kier alpha value is -2.48. The second-order valence-corrected chi connectivity index (χ2v) is 4.90. The molecule has 0 aliphatic rings. The van der Waals surface area contributed by atoms with Gasteiger partial charge in [-0.15, -0.1) is 0 Å². The lowest BCUT2D eigenvalue weighted by Crippen LogP contribution is -2.01. The minimum Gasteiger partial charge on any atom is -0.478 e. The van der Waals surface area contributed by atoms with E-state index in [4.69, 9.17) is 5.11 Å². The molecule has 0 saturated carbocycles. The van der Waals surface area contributed by atoms with Crippen molar-refractivity contribution in [2.24, 2.45) is 0 Å². The van der Waals surface area contributed by atoms with Gasteiger partial charge in [0.05, 0.1) is 16.6 Å². The number of hydrogen-bond donors (Lipinski definition) is 2. The zero-order chi connectivity index (χ0) is 15.6. The minimum atomic E-state index is -1.14. The van der Waals surface area contributed by atoms with E-state index in [1.165, 1.54) is 18.2 Å². The van der Waals surface area contributed by atoms with Crippen LogP contribution in [0.15, 0.2) is 40.9 Å². The molecule has 0 bridgehead atoms. The maximum Gasteiger partial charge on any atom is 0.336 e. The first-order valence-corrected chi connectivity index (χ1v) is 6.41. The summed E-state index contributed by atoms with van der Waals surface area (Å²) in [5.74, 6) is -1.87. The van der Waals surface area contributed by atoms with E-state index >= 15 is 0 Å². The predicted molar refractivity (Wildman–Crippen MR) is 77.4 cm³/mol. The van der Waals surface area contributed by atoms with Crippen molar-refractivity contribution in [1.82, 2.24) is 0 Å². The number of nitrogens with zero attached hydrogens (tertiary/aromatic N) is 1. The number of benzene rings is 2. The zero-order valence-electron chi connectivity index (χ0n) is 10.3. The summed E-state index contributed by atoms with van der Waals surface area (Å²) in [5, 5.41) is 22.6. The summed E-state index contributed by atoms with van der Waals surface area (Å²) in [6, 6.07) is 7.45. The van der Waals surface area contributed by atoms with Crippen molar-refractivity contribution in [3.8, 4) is 0 Å². The van der Waals surface area contributed by atoms with Crippen molar-refractivity contribution in [2.75, 3.05) is 5.32 Å². The van der Waals surface area contributed by atoms with Crippen molar-refractivity contribution in [3.63, 3.8) is 0 Å². The number of carboxylic acids is 1. The van der Waals surface area contributed by atoms with Gasteiger partial charge in [0.1, 0.15) is 11.5 Å². The van der Waals surface area contributed by atoms with Crippen molar-refractivity contribution >= 4 is 39.0 Å². The molecule has 0 atom stereocenters. The number of halogens is 2. The van der Waals surface area contributed by atoms with Crippen LogP contribution < -0.4 is 5.32 Å². The van der Waals surface area contributed by atoms with E-state index in [0.717, 1.165) is 12.1 Å². The standard InChI is InChI=1S/C13H8BrFN2O4/c14-10-3-2-8(6-9(10)13(18)19)16-11-4-1-7(15)5-12(11)17(20)21/h1-6,16H,(H,18,19). The Morgan fingerprint density at radius 1 is 1.29 bits per heavy atom. The Balaban J connectivity index is 2.41. The second-order valence-electron chi connectivity index (χ2n) is 4.04. The lowest BCUT2D eigenvalue weighted by Gasteiger charge is -2.09. The van der Waals surface area contributed by atoms with Gasteiger partial charge in [-0.1, -0.05) is 0 Å². The SMILES string of the molecule is O=C(O)c1cc(Nc2ccc(F)cc2[N+](=O)[O-])ccc1Br. The number of rotatable bonds is 4. The summed E-state index contributed by atoms with van der Waals surface area (Å²) >= 11 is 3.10. The van der Waals surface area contributed by atoms with Gasteiger partial charge in [0.2, 0.25) is 0 Å². The van der Waals surface area contributed by atoms with Crippen LogP contribution in [0.3, 0.4) is 0 Å². The molecule has 6 nitrogen and oxygen atoms in total. The highest BCUT2D eigenvalue weighted by atomic mass is 79.9. The molecule has 0 unspecified atom stereocenters. The summed E-state index contributed by atoms with van der Waals surface area (Å²) in [6.45, 7) is 0. The van der Waals surface area contributed by atoms with E-state index in [1.807, 2.05) is 0 Å². The van der Waals surface area contributed by atoms with Crippen molar-refractivity contribution in [1.29, 1.82) is 0 Å². The van der Waals surface area contributed by atoms with Gasteiger partial charge in [-0.25, -0.2) is 9.18 Å². The molecule has 0 aliphatic carbocycles. The van der Waals surface area contributed by atoms with E-state index in [2.05, 4.69) is 21.2 Å². The number of nitrogens with one attached hydrogen (secondary N) is 1. The van der Waals surface area contributed by atoms with Crippen LogP contribution in [0, 0.1) is 15.9 Å². The van der Waals surface area contributed by atoms with Gasteiger partial charge in [-0.05, 0) is 46.3 Å². The number of carbonyl (C=O) groups is 1. The van der Waals surface area contributed by atoms with Crippen LogP contribution in [-0.4, -0.2) is 16.0 Å². The second kappa shape index (κ2) is 5.88. The summed E-state index contributed by atoms with van der Waals surface area (Å²) in [7, 11) is 0. The molecule has 2 aromatic carbocycles. The highest BCUT2D eigenvalue weighted by Gasteiger charge is 2.16. The average molecular weight is 355 g/mol. The van der Waals surface area contributed by atoms with E-state index in [1.54, 1.807) is 6.07 Å². The van der Waals surface area contributed by atoms with Crippen LogP contribution in [0.1, 0.15) is 10.4 Å². The van der Waals surface area contributed by atoms with Gasteiger partial charge >= 0.3 is 5.97 Å². The van der Waals surface area contributed by atoms with Gasteiger partial charge in [0.25, 0.3) is 5.69 Å². The molecule has 21 heavy (non-hydrogen) atoms. The van der Waals surface area contributed by atoms with Gasteiger partial charge in [-0.2, -0.15) is 0 Å². The van der Waals surface area contributed by atoms with Crippen LogP contribution in [0.4, 0.5) is 21.5 Å². The van der Waals surface area contributed by atoms with Crippen molar-refractivity contribution < 1.29 is 19.2 Å². The van der Waals surface area contributed by atoms with E-state index in [-0.39, 0.29) is 11.3 Å². The van der Waals surface area contributed by atoms with E-state index in [0.29, 0.717) is 10.2 Å². The zero-order valence-corrected chi connectivity index (χ0v) is 11.9. The molecule has 2 aromatic rings. The van der Waals surface area contributed by atoms with Crippen LogP contribution >= 0.6 is 15.9 Å². The lowest BCUT2D eigenvalue weighted by atomic mass is 10.2. The lowest BCUT2D eigenvalue weighted by molar-refractivity contribution is -0.384.